The highest BCUT2D eigenvalue weighted by molar-refractivity contribution is 14.2. The summed E-state index contributed by atoms with van der Waals surface area (Å²) in [7, 11) is 0. The predicted molar refractivity (Wildman–Crippen MR) is 101 cm³/mol. The largest absolute Gasteiger partial charge is 0.0922 e. The normalized spacial score (nSPS) is 10.6. The molecule has 0 aliphatic rings. The van der Waals surface area contributed by atoms with Crippen LogP contribution >= 0.6 is 86.6 Å². The Balaban J connectivity index is 3.73. The minimum atomic E-state index is -0.0574. The summed E-state index contributed by atoms with van der Waals surface area (Å²) in [6.45, 7) is 4.46. The summed E-state index contributed by atoms with van der Waals surface area (Å²) >= 11 is 4.79. The van der Waals surface area contributed by atoms with E-state index in [1.54, 1.807) is 7.14 Å². The molecule has 0 radical (unpaired) electrons. The molecule has 4 heteroatoms. The maximum Gasteiger partial charge on any atom is 0.0306 e. The van der Waals surface area contributed by atoms with Crippen molar-refractivity contribution in [2.75, 3.05) is 0 Å². The molecule has 1 aromatic rings. The number of hydrogen-bond donors (Lipinski definition) is 0. The molecule has 14 heavy (non-hydrogen) atoms. The fourth-order valence-electron chi connectivity index (χ4n) is 1.17. The van der Waals surface area contributed by atoms with E-state index < -0.39 is 0 Å². The van der Waals surface area contributed by atoms with Gasteiger partial charge in [-0.2, -0.15) is 0 Å². The Bertz CT molecular complexity index is 368. The topological polar surface area (TPSA) is 0 Å². The Morgan fingerprint density at radius 1 is 0.857 bits per heavy atom. The van der Waals surface area contributed by atoms with E-state index in [4.69, 9.17) is 0 Å². The molecule has 0 aliphatic heterocycles. The van der Waals surface area contributed by atoms with Gasteiger partial charge in [-0.3, -0.25) is 0 Å². The zero-order valence-corrected chi connectivity index (χ0v) is 16.6. The first-order valence-electron chi connectivity index (χ1n) is 3.79. The first-order valence-corrected chi connectivity index (χ1v) is 11.2. The Kier molecular flexibility index (Phi) is 5.96. The molecule has 0 amide bonds. The third-order valence-corrected chi connectivity index (χ3v) is 11.0. The van der Waals surface area contributed by atoms with Crippen LogP contribution in [-0.2, 0) is 0 Å². The molecule has 0 N–H and O–H groups in total. The molecule has 0 saturated carbocycles. The minimum Gasteiger partial charge on any atom is -0.0922 e. The zero-order chi connectivity index (χ0) is 10.9. The lowest BCUT2D eigenvalue weighted by molar-refractivity contribution is 1.27. The molecule has 0 atom stereocenters. The first-order chi connectivity index (χ1) is 6.54. The van der Waals surface area contributed by atoms with Crippen LogP contribution in [0.2, 0.25) is 0 Å². The van der Waals surface area contributed by atoms with Gasteiger partial charge in [0.15, 0.2) is 0 Å². The monoisotopic (exact) mass is 638 g/mol. The van der Waals surface area contributed by atoms with Gasteiger partial charge in [0, 0.05) is 14.3 Å². The molecule has 0 spiro atoms. The van der Waals surface area contributed by atoms with Crippen LogP contribution in [0.4, 0.5) is 0 Å². The van der Waals surface area contributed by atoms with E-state index in [2.05, 4.69) is 68.1 Å². The van der Waals surface area contributed by atoms with E-state index in [0.717, 1.165) is 0 Å². The SMILES string of the molecule is C=Ic1c(C)c(I)c(I)c(C)c1I=C. The van der Waals surface area contributed by atoms with Crippen LogP contribution < -0.4 is 0 Å². The highest BCUT2D eigenvalue weighted by Crippen LogP contribution is 2.34. The van der Waals surface area contributed by atoms with Crippen molar-refractivity contribution in [2.24, 2.45) is 0 Å². The van der Waals surface area contributed by atoms with Crippen molar-refractivity contribution in [1.29, 1.82) is 0 Å². The molecule has 0 aliphatic carbocycles. The second-order valence-electron chi connectivity index (χ2n) is 2.77. The van der Waals surface area contributed by atoms with Crippen LogP contribution in [0.1, 0.15) is 11.1 Å². The lowest BCUT2D eigenvalue weighted by Gasteiger charge is -2.13. The highest BCUT2D eigenvalue weighted by Gasteiger charge is 2.13. The summed E-state index contributed by atoms with van der Waals surface area (Å²) in [6.07, 6.45) is 0. The van der Waals surface area contributed by atoms with Crippen LogP contribution in [0.5, 0.6) is 0 Å². The van der Waals surface area contributed by atoms with Gasteiger partial charge in [0.1, 0.15) is 0 Å². The van der Waals surface area contributed by atoms with Gasteiger partial charge in [-0.1, -0.05) is 50.5 Å². The van der Waals surface area contributed by atoms with Crippen molar-refractivity contribution < 1.29 is 0 Å². The van der Waals surface area contributed by atoms with E-state index in [0.29, 0.717) is 0 Å². The van der Waals surface area contributed by atoms with Crippen molar-refractivity contribution in [3.8, 4) is 0 Å². The van der Waals surface area contributed by atoms with Gasteiger partial charge in [0.2, 0.25) is 0 Å². The van der Waals surface area contributed by atoms with Crippen LogP contribution in [-0.4, -0.2) is 9.03 Å². The molecule has 0 unspecified atom stereocenters. The Labute approximate surface area is 132 Å². The van der Waals surface area contributed by atoms with Crippen LogP contribution in [0, 0.1) is 28.1 Å². The van der Waals surface area contributed by atoms with Gasteiger partial charge in [0.05, 0.1) is 0 Å². The summed E-state index contributed by atoms with van der Waals surface area (Å²) in [5.74, 6) is 0. The lowest BCUT2D eigenvalue weighted by atomic mass is 10.2. The fourth-order valence-corrected chi connectivity index (χ4v) is 8.65. The average Bonchev–Trinajstić information content (AvgIpc) is 2.20. The maximum absolute atomic E-state index is 4.13. The molecule has 0 fully saturated rings. The molecule has 0 saturated heterocycles. The maximum atomic E-state index is 4.13. The highest BCUT2D eigenvalue weighted by atomic mass is 127. The summed E-state index contributed by atoms with van der Waals surface area (Å²) in [5.41, 5.74) is 2.92. The van der Waals surface area contributed by atoms with Gasteiger partial charge in [-0.15, -0.1) is 0 Å². The van der Waals surface area contributed by atoms with E-state index in [9.17, 15) is 0 Å². The second-order valence-corrected chi connectivity index (χ2v) is 8.61. The number of benzene rings is 1. The average molecular weight is 638 g/mol. The van der Waals surface area contributed by atoms with Crippen molar-refractivity contribution in [3.63, 3.8) is 0 Å². The summed E-state index contributed by atoms with van der Waals surface area (Å²) < 4.78 is 14.2. The van der Waals surface area contributed by atoms with Crippen molar-refractivity contribution in [1.82, 2.24) is 0 Å². The van der Waals surface area contributed by atoms with Crippen molar-refractivity contribution in [2.45, 2.75) is 13.8 Å². The number of hydrogen-bond acceptors (Lipinski definition) is 0. The number of halogens is 4. The standard InChI is InChI=1S/C10H10I4/c1-5-7(11)8(12)6(2)10(14-4)9(5)13-3/h3-4H2,1-2H3. The second kappa shape index (κ2) is 5.99. The Morgan fingerprint density at radius 3 is 1.36 bits per heavy atom. The minimum absolute atomic E-state index is 0.0574. The number of rotatable bonds is 2. The van der Waals surface area contributed by atoms with Gasteiger partial charge in [0.25, 0.3) is 0 Å². The van der Waals surface area contributed by atoms with Crippen molar-refractivity contribution in [3.05, 3.63) is 25.4 Å². The van der Waals surface area contributed by atoms with Crippen LogP contribution in [0.25, 0.3) is 0 Å². The Morgan fingerprint density at radius 2 is 1.14 bits per heavy atom. The third-order valence-electron chi connectivity index (χ3n) is 1.97. The van der Waals surface area contributed by atoms with Crippen LogP contribution in [0.15, 0.2) is 0 Å². The summed E-state index contributed by atoms with van der Waals surface area (Å²) in [5, 5.41) is 0. The smallest absolute Gasteiger partial charge is 0.0306 e. The van der Waals surface area contributed by atoms with Gasteiger partial charge in [-0.05, 0) is 70.2 Å². The molecule has 0 aromatic heterocycles. The molecule has 0 heterocycles. The van der Waals surface area contributed by atoms with Crippen LogP contribution in [0.3, 0.4) is 0 Å². The van der Waals surface area contributed by atoms with Gasteiger partial charge >= 0.3 is 0 Å². The van der Waals surface area contributed by atoms with Gasteiger partial charge < -0.3 is 0 Å². The first kappa shape index (κ1) is 13.9. The lowest BCUT2D eigenvalue weighted by Crippen LogP contribution is -1.99. The summed E-state index contributed by atoms with van der Waals surface area (Å²) in [4.78, 5) is 0. The third kappa shape index (κ3) is 2.58. The molecule has 78 valence electrons. The Hall–Kier alpha value is 1.88. The molecule has 0 bridgehead atoms. The molecular weight excluding hydrogens is 628 g/mol. The van der Waals surface area contributed by atoms with E-state index >= 15 is 0 Å². The predicted octanol–water partition coefficient (Wildman–Crippen LogP) is 4.66. The summed E-state index contributed by atoms with van der Waals surface area (Å²) in [6, 6.07) is 0. The molecular formula is C10H10I4. The van der Waals surface area contributed by atoms with E-state index in [-0.39, 0.29) is 41.5 Å². The van der Waals surface area contributed by atoms with Crippen molar-refractivity contribution >= 4 is 95.7 Å². The molecule has 1 rings (SSSR count). The van der Waals surface area contributed by atoms with E-state index in [1.165, 1.54) is 18.3 Å². The molecule has 0 nitrogen and oxygen atoms in total. The quantitative estimate of drug-likeness (QED) is 0.327. The molecule has 1 aromatic carbocycles. The van der Waals surface area contributed by atoms with Gasteiger partial charge in [-0.25, -0.2) is 0 Å². The zero-order valence-electron chi connectivity index (χ0n) is 7.93. The van der Waals surface area contributed by atoms with E-state index in [1.807, 2.05) is 0 Å². The fraction of sp³-hybridized carbons (Fsp3) is 0.200.